The Balaban J connectivity index is 1.98. The maximum absolute atomic E-state index is 14.0. The Morgan fingerprint density at radius 3 is 2.47 bits per heavy atom. The van der Waals surface area contributed by atoms with Crippen LogP contribution in [0.2, 0.25) is 0 Å². The monoisotopic (exact) mass is 643 g/mol. The van der Waals surface area contributed by atoms with E-state index in [-0.39, 0.29) is 18.0 Å². The number of nitrogens with zero attached hydrogens (tertiary/aromatic N) is 3. The highest BCUT2D eigenvalue weighted by Gasteiger charge is 2.29. The van der Waals surface area contributed by atoms with Crippen LogP contribution in [0, 0.1) is 0 Å². The molecular weight excluding hydrogens is 618 g/mol. The summed E-state index contributed by atoms with van der Waals surface area (Å²) in [6.07, 6.45) is 0. The van der Waals surface area contributed by atoms with Crippen LogP contribution in [0.25, 0.3) is 16.6 Å². The predicted molar refractivity (Wildman–Crippen MR) is 154 cm³/mol. The summed E-state index contributed by atoms with van der Waals surface area (Å²) in [5, 5.41) is 0.443. The highest BCUT2D eigenvalue weighted by Crippen LogP contribution is 2.37. The van der Waals surface area contributed by atoms with E-state index >= 15 is 0 Å². The molecule has 198 valence electrons. The zero-order valence-corrected chi connectivity index (χ0v) is 24.6. The number of hydrogen-bond donors (Lipinski definition) is 0. The van der Waals surface area contributed by atoms with Gasteiger partial charge in [-0.1, -0.05) is 34.1 Å². The van der Waals surface area contributed by atoms with Gasteiger partial charge in [0.05, 0.1) is 47.9 Å². The van der Waals surface area contributed by atoms with Crippen molar-refractivity contribution in [3.63, 3.8) is 0 Å². The number of carbonyl (C=O) groups excluding carboxylic acids is 1. The first-order valence-corrected chi connectivity index (χ1v) is 13.4. The smallest absolute Gasteiger partial charge is 0.266 e. The Kier molecular flexibility index (Phi) is 8.86. The Hall–Kier alpha value is -3.21. The number of fused-ring (bicyclic) bond motifs is 1. The molecule has 0 aliphatic heterocycles. The van der Waals surface area contributed by atoms with Crippen molar-refractivity contribution in [3.05, 3.63) is 91.4 Å². The van der Waals surface area contributed by atoms with Crippen LogP contribution < -0.4 is 15.0 Å². The Morgan fingerprint density at radius 2 is 1.79 bits per heavy atom. The zero-order chi connectivity index (χ0) is 27.4. The number of aromatic nitrogens is 2. The molecule has 3 aromatic carbocycles. The van der Waals surface area contributed by atoms with Crippen LogP contribution in [-0.2, 0) is 4.74 Å². The second-order valence-corrected chi connectivity index (χ2v) is 10.2. The van der Waals surface area contributed by atoms with E-state index in [1.807, 2.05) is 19.1 Å². The van der Waals surface area contributed by atoms with E-state index in [2.05, 4.69) is 31.9 Å². The molecule has 1 aromatic heterocycles. The van der Waals surface area contributed by atoms with Crippen molar-refractivity contribution in [1.82, 2.24) is 14.5 Å². The molecule has 38 heavy (non-hydrogen) atoms. The van der Waals surface area contributed by atoms with Gasteiger partial charge in [-0.05, 0) is 53.2 Å². The maximum atomic E-state index is 14.0. The van der Waals surface area contributed by atoms with Crippen molar-refractivity contribution in [3.8, 4) is 17.2 Å². The first kappa shape index (κ1) is 27.8. The number of halogens is 2. The lowest BCUT2D eigenvalue weighted by molar-refractivity contribution is 0.0605. The molecule has 0 bridgehead atoms. The SMILES string of the molecule is COCCN(C(=O)c1cccc(Br)c1)C(C)c1nc2ccccc2c(=O)n1-c1cc(OC)cc(OC)c1Br. The van der Waals surface area contributed by atoms with Gasteiger partial charge in [0.15, 0.2) is 0 Å². The third kappa shape index (κ3) is 5.48. The van der Waals surface area contributed by atoms with Gasteiger partial charge in [0.2, 0.25) is 0 Å². The molecule has 1 atom stereocenters. The third-order valence-electron chi connectivity index (χ3n) is 6.20. The van der Waals surface area contributed by atoms with Crippen LogP contribution in [0.1, 0.15) is 29.1 Å². The molecule has 4 rings (SSSR count). The lowest BCUT2D eigenvalue weighted by atomic mass is 10.1. The van der Waals surface area contributed by atoms with Gasteiger partial charge in [-0.15, -0.1) is 0 Å². The quantitative estimate of drug-likeness (QED) is 0.230. The number of carbonyl (C=O) groups is 1. The van der Waals surface area contributed by atoms with Crippen LogP contribution in [0.15, 0.2) is 74.4 Å². The minimum atomic E-state index is -0.613. The van der Waals surface area contributed by atoms with Crippen molar-refractivity contribution in [2.24, 2.45) is 0 Å². The standard InChI is InChI=1S/C28H27Br2N3O5/c1-17(32(12-13-36-2)27(34)18-8-7-9-19(29)14-18)26-31-22-11-6-5-10-21(22)28(35)33(26)23-15-20(37-3)16-24(38-4)25(23)30/h5-11,14-17H,12-13H2,1-4H3. The van der Waals surface area contributed by atoms with Gasteiger partial charge in [-0.3, -0.25) is 14.2 Å². The van der Waals surface area contributed by atoms with Gasteiger partial charge in [-0.25, -0.2) is 4.98 Å². The van der Waals surface area contributed by atoms with Gasteiger partial charge < -0.3 is 19.1 Å². The maximum Gasteiger partial charge on any atom is 0.266 e. The molecular formula is C28H27Br2N3O5. The van der Waals surface area contributed by atoms with Crippen molar-refractivity contribution in [2.45, 2.75) is 13.0 Å². The van der Waals surface area contributed by atoms with Gasteiger partial charge in [0.25, 0.3) is 11.5 Å². The van der Waals surface area contributed by atoms with E-state index in [1.54, 1.807) is 67.7 Å². The fourth-order valence-corrected chi connectivity index (χ4v) is 5.21. The summed E-state index contributed by atoms with van der Waals surface area (Å²) in [4.78, 5) is 34.3. The number of rotatable bonds is 9. The van der Waals surface area contributed by atoms with E-state index in [0.29, 0.717) is 50.6 Å². The number of para-hydroxylation sites is 1. The molecule has 1 unspecified atom stereocenters. The molecule has 0 saturated carbocycles. The van der Waals surface area contributed by atoms with Crippen LogP contribution in [0.5, 0.6) is 11.5 Å². The number of amides is 1. The number of ether oxygens (including phenoxy) is 3. The summed E-state index contributed by atoms with van der Waals surface area (Å²) in [7, 11) is 4.66. The van der Waals surface area contributed by atoms with E-state index < -0.39 is 6.04 Å². The molecule has 0 fully saturated rings. The molecule has 0 radical (unpaired) electrons. The first-order valence-electron chi connectivity index (χ1n) is 11.8. The van der Waals surface area contributed by atoms with Crippen molar-refractivity contribution in [1.29, 1.82) is 0 Å². The molecule has 0 aliphatic rings. The average Bonchev–Trinajstić information content (AvgIpc) is 2.93. The van der Waals surface area contributed by atoms with Crippen LogP contribution in [0.3, 0.4) is 0 Å². The highest BCUT2D eigenvalue weighted by molar-refractivity contribution is 9.11. The van der Waals surface area contributed by atoms with E-state index in [4.69, 9.17) is 19.2 Å². The van der Waals surface area contributed by atoms with Crippen molar-refractivity contribution < 1.29 is 19.0 Å². The summed E-state index contributed by atoms with van der Waals surface area (Å²) in [6.45, 7) is 2.44. The normalized spacial score (nSPS) is 11.8. The summed E-state index contributed by atoms with van der Waals surface area (Å²) in [5.74, 6) is 1.15. The Morgan fingerprint density at radius 1 is 1.03 bits per heavy atom. The summed E-state index contributed by atoms with van der Waals surface area (Å²) >= 11 is 7.05. The predicted octanol–water partition coefficient (Wildman–Crippen LogP) is 5.78. The lowest BCUT2D eigenvalue weighted by Gasteiger charge is -2.31. The molecule has 1 heterocycles. The zero-order valence-electron chi connectivity index (χ0n) is 21.4. The fraction of sp³-hybridized carbons (Fsp3) is 0.250. The summed E-state index contributed by atoms with van der Waals surface area (Å²) in [5.41, 5.74) is 1.23. The largest absolute Gasteiger partial charge is 0.497 e. The number of benzene rings is 3. The number of methoxy groups -OCH3 is 3. The molecule has 8 nitrogen and oxygen atoms in total. The Bertz CT molecular complexity index is 1540. The molecule has 0 spiro atoms. The second kappa shape index (κ2) is 12.1. The fourth-order valence-electron chi connectivity index (χ4n) is 4.24. The molecule has 10 heteroatoms. The summed E-state index contributed by atoms with van der Waals surface area (Å²) < 4.78 is 19.2. The van der Waals surface area contributed by atoms with Gasteiger partial charge >= 0.3 is 0 Å². The topological polar surface area (TPSA) is 82.9 Å². The lowest BCUT2D eigenvalue weighted by Crippen LogP contribution is -2.39. The molecule has 0 aliphatic carbocycles. The van der Waals surface area contributed by atoms with Crippen LogP contribution >= 0.6 is 31.9 Å². The molecule has 0 N–H and O–H groups in total. The Labute approximate surface area is 237 Å². The molecule has 4 aromatic rings. The summed E-state index contributed by atoms with van der Waals surface area (Å²) in [6, 6.07) is 17.2. The molecule has 1 amide bonds. The van der Waals surface area contributed by atoms with Gasteiger partial charge in [0, 0.05) is 35.8 Å². The highest BCUT2D eigenvalue weighted by atomic mass is 79.9. The minimum Gasteiger partial charge on any atom is -0.497 e. The van der Waals surface area contributed by atoms with Crippen molar-refractivity contribution >= 4 is 48.7 Å². The van der Waals surface area contributed by atoms with E-state index in [1.165, 1.54) is 11.7 Å². The van der Waals surface area contributed by atoms with Gasteiger partial charge in [0.1, 0.15) is 17.3 Å². The van der Waals surface area contributed by atoms with Crippen molar-refractivity contribution in [2.75, 3.05) is 34.5 Å². The molecule has 0 saturated heterocycles. The van der Waals surface area contributed by atoms with E-state index in [0.717, 1.165) is 4.47 Å². The average molecular weight is 645 g/mol. The number of hydrogen-bond acceptors (Lipinski definition) is 6. The third-order valence-corrected chi connectivity index (χ3v) is 7.49. The minimum absolute atomic E-state index is 0.216. The second-order valence-electron chi connectivity index (χ2n) is 8.47. The first-order chi connectivity index (χ1) is 18.3. The van der Waals surface area contributed by atoms with Crippen LogP contribution in [-0.4, -0.2) is 54.8 Å². The van der Waals surface area contributed by atoms with Gasteiger partial charge in [-0.2, -0.15) is 0 Å². The van der Waals surface area contributed by atoms with E-state index in [9.17, 15) is 9.59 Å². The van der Waals surface area contributed by atoms with Crippen LogP contribution in [0.4, 0.5) is 0 Å².